The van der Waals surface area contributed by atoms with Crippen LogP contribution in [-0.2, 0) is 14.3 Å². The van der Waals surface area contributed by atoms with Crippen molar-refractivity contribution in [1.82, 2.24) is 9.88 Å². The van der Waals surface area contributed by atoms with Crippen LogP contribution in [0.25, 0.3) is 0 Å². The molecule has 4 rings (SSSR count). The topological polar surface area (TPSA) is 74.8 Å². The number of hydrogen-bond donors (Lipinski definition) is 1. The second kappa shape index (κ2) is 7.00. The van der Waals surface area contributed by atoms with Crippen molar-refractivity contribution in [3.63, 3.8) is 0 Å². The third kappa shape index (κ3) is 3.92. The van der Waals surface area contributed by atoms with Crippen LogP contribution in [0.15, 0.2) is 18.3 Å². The number of likely N-dealkylation sites (tertiary alicyclic amines) is 1. The number of hydrogen-bond acceptors (Lipinski definition) is 5. The number of carbonyl (C=O) groups is 2. The molecule has 0 spiro atoms. The molecule has 1 unspecified atom stereocenters. The minimum absolute atomic E-state index is 0.0997. The maximum atomic E-state index is 12.4. The molecule has 3 fully saturated rings. The molecule has 1 saturated carbocycles. The summed E-state index contributed by atoms with van der Waals surface area (Å²) in [4.78, 5) is 32.9. The molecule has 1 aromatic heterocycles. The predicted octanol–water partition coefficient (Wildman–Crippen LogP) is 1.12. The van der Waals surface area contributed by atoms with Gasteiger partial charge in [0.15, 0.2) is 0 Å². The molecule has 3 heterocycles. The zero-order valence-corrected chi connectivity index (χ0v) is 14.3. The van der Waals surface area contributed by atoms with E-state index in [1.54, 1.807) is 6.20 Å². The first-order valence-corrected chi connectivity index (χ1v) is 9.06. The Bertz CT molecular complexity index is 638. The number of carbonyl (C=O) groups excluding carboxylic acids is 2. The van der Waals surface area contributed by atoms with Crippen molar-refractivity contribution in [2.45, 2.75) is 19.3 Å². The quantitative estimate of drug-likeness (QED) is 0.866. The number of nitrogens with zero attached hydrogens (tertiary/aromatic N) is 3. The lowest BCUT2D eigenvalue weighted by atomic mass is 10.1. The van der Waals surface area contributed by atoms with E-state index in [0.29, 0.717) is 24.7 Å². The van der Waals surface area contributed by atoms with E-state index in [4.69, 9.17) is 4.74 Å². The fraction of sp³-hybridized carbons (Fsp3) is 0.611. The Hall–Kier alpha value is -2.15. The van der Waals surface area contributed by atoms with Crippen LogP contribution in [0.1, 0.15) is 19.3 Å². The second-order valence-electron chi connectivity index (χ2n) is 7.13. The molecule has 0 aromatic carbocycles. The molecule has 7 nitrogen and oxygen atoms in total. The highest BCUT2D eigenvalue weighted by molar-refractivity contribution is 5.96. The molecule has 0 radical (unpaired) electrons. The highest BCUT2D eigenvalue weighted by atomic mass is 16.5. The average molecular weight is 344 g/mol. The fourth-order valence-electron chi connectivity index (χ4n) is 3.43. The van der Waals surface area contributed by atoms with Crippen molar-refractivity contribution >= 4 is 23.3 Å². The average Bonchev–Trinajstić information content (AvgIpc) is 3.38. The summed E-state index contributed by atoms with van der Waals surface area (Å²) in [5.74, 6) is 0.906. The van der Waals surface area contributed by atoms with Gasteiger partial charge in [0.2, 0.25) is 11.8 Å². The Morgan fingerprint density at radius 1 is 1.28 bits per heavy atom. The summed E-state index contributed by atoms with van der Waals surface area (Å²) in [6.45, 7) is 4.52. The zero-order chi connectivity index (χ0) is 17.2. The Morgan fingerprint density at radius 3 is 2.76 bits per heavy atom. The third-order valence-electron chi connectivity index (χ3n) is 5.14. The van der Waals surface area contributed by atoms with Gasteiger partial charge in [0.05, 0.1) is 31.0 Å². The van der Waals surface area contributed by atoms with E-state index in [9.17, 15) is 9.59 Å². The van der Waals surface area contributed by atoms with Gasteiger partial charge in [-0.25, -0.2) is 4.98 Å². The standard InChI is InChI=1S/C18H24N4O3/c23-17-9-14(12-22(17)11-13-1-2-13)18(24)20-16-4-3-15(10-19-16)21-5-7-25-8-6-21/h3-4,10,13-14H,1-2,5-9,11-12H2,(H,19,20,24). The van der Waals surface area contributed by atoms with Gasteiger partial charge in [-0.2, -0.15) is 0 Å². The van der Waals surface area contributed by atoms with Crippen molar-refractivity contribution in [2.24, 2.45) is 11.8 Å². The van der Waals surface area contributed by atoms with Gasteiger partial charge in [0.25, 0.3) is 0 Å². The maximum Gasteiger partial charge on any atom is 0.230 e. The fourth-order valence-corrected chi connectivity index (χ4v) is 3.43. The molecule has 2 amide bonds. The number of nitrogens with one attached hydrogen (secondary N) is 1. The third-order valence-corrected chi connectivity index (χ3v) is 5.14. The van der Waals surface area contributed by atoms with Gasteiger partial charge in [-0.3, -0.25) is 9.59 Å². The molecule has 3 aliphatic rings. The lowest BCUT2D eigenvalue weighted by molar-refractivity contribution is -0.128. The molecule has 7 heteroatoms. The molecule has 1 atom stereocenters. The van der Waals surface area contributed by atoms with Gasteiger partial charge in [-0.15, -0.1) is 0 Å². The molecule has 1 aliphatic carbocycles. The summed E-state index contributed by atoms with van der Waals surface area (Å²) in [5.41, 5.74) is 1.04. The SMILES string of the molecule is O=C(Nc1ccc(N2CCOCC2)cn1)C1CC(=O)N(CC2CC2)C1. The minimum atomic E-state index is -0.271. The number of ether oxygens (including phenoxy) is 1. The highest BCUT2D eigenvalue weighted by Crippen LogP contribution is 2.32. The number of rotatable bonds is 5. The normalized spacial score (nSPS) is 23.8. The molecule has 0 bridgehead atoms. The lowest BCUT2D eigenvalue weighted by Gasteiger charge is -2.28. The zero-order valence-electron chi connectivity index (χ0n) is 14.3. The van der Waals surface area contributed by atoms with Crippen LogP contribution in [0.5, 0.6) is 0 Å². The van der Waals surface area contributed by atoms with Crippen LogP contribution in [0.2, 0.25) is 0 Å². The first-order valence-electron chi connectivity index (χ1n) is 9.06. The summed E-state index contributed by atoms with van der Waals surface area (Å²) >= 11 is 0. The van der Waals surface area contributed by atoms with Crippen LogP contribution >= 0.6 is 0 Å². The highest BCUT2D eigenvalue weighted by Gasteiger charge is 2.37. The Labute approximate surface area is 147 Å². The van der Waals surface area contributed by atoms with E-state index < -0.39 is 0 Å². The van der Waals surface area contributed by atoms with Crippen LogP contribution in [0.3, 0.4) is 0 Å². The summed E-state index contributed by atoms with van der Waals surface area (Å²) in [5, 5.41) is 2.85. The van der Waals surface area contributed by atoms with Gasteiger partial charge in [-0.1, -0.05) is 0 Å². The number of morpholine rings is 1. The van der Waals surface area contributed by atoms with Crippen LogP contribution < -0.4 is 10.2 Å². The summed E-state index contributed by atoms with van der Waals surface area (Å²) in [7, 11) is 0. The first-order chi connectivity index (χ1) is 12.2. The van der Waals surface area contributed by atoms with Crippen LogP contribution in [0, 0.1) is 11.8 Å². The van der Waals surface area contributed by atoms with E-state index in [2.05, 4.69) is 15.2 Å². The lowest BCUT2D eigenvalue weighted by Crippen LogP contribution is -2.36. The van der Waals surface area contributed by atoms with E-state index in [1.165, 1.54) is 12.8 Å². The van der Waals surface area contributed by atoms with E-state index in [0.717, 1.165) is 38.5 Å². The molecule has 1 N–H and O–H groups in total. The van der Waals surface area contributed by atoms with Crippen molar-refractivity contribution in [3.05, 3.63) is 18.3 Å². The summed E-state index contributed by atoms with van der Waals surface area (Å²) in [6, 6.07) is 3.79. The molecule has 134 valence electrons. The molecule has 2 aliphatic heterocycles. The number of anilines is 2. The summed E-state index contributed by atoms with van der Waals surface area (Å²) in [6.07, 6.45) is 4.50. The Kier molecular flexibility index (Phi) is 4.57. The molecule has 25 heavy (non-hydrogen) atoms. The van der Waals surface area contributed by atoms with Crippen molar-refractivity contribution in [2.75, 3.05) is 49.6 Å². The summed E-state index contributed by atoms with van der Waals surface area (Å²) < 4.78 is 5.35. The smallest absolute Gasteiger partial charge is 0.230 e. The molecular formula is C18H24N4O3. The molecule has 1 aromatic rings. The van der Waals surface area contributed by atoms with E-state index in [1.807, 2.05) is 17.0 Å². The number of aromatic nitrogens is 1. The number of amides is 2. The Balaban J connectivity index is 1.32. The van der Waals surface area contributed by atoms with E-state index >= 15 is 0 Å². The van der Waals surface area contributed by atoms with Crippen LogP contribution in [-0.4, -0.2) is 61.1 Å². The second-order valence-corrected chi connectivity index (χ2v) is 7.13. The Morgan fingerprint density at radius 2 is 2.08 bits per heavy atom. The number of pyridine rings is 1. The van der Waals surface area contributed by atoms with Gasteiger partial charge in [-0.05, 0) is 30.9 Å². The molecule has 2 saturated heterocycles. The van der Waals surface area contributed by atoms with Crippen molar-refractivity contribution in [1.29, 1.82) is 0 Å². The largest absolute Gasteiger partial charge is 0.378 e. The molecular weight excluding hydrogens is 320 g/mol. The first kappa shape index (κ1) is 16.3. The predicted molar refractivity (Wildman–Crippen MR) is 93.3 cm³/mol. The maximum absolute atomic E-state index is 12.4. The van der Waals surface area contributed by atoms with Gasteiger partial charge < -0.3 is 19.9 Å². The van der Waals surface area contributed by atoms with Crippen LogP contribution in [0.4, 0.5) is 11.5 Å². The van der Waals surface area contributed by atoms with Gasteiger partial charge >= 0.3 is 0 Å². The van der Waals surface area contributed by atoms with Crippen molar-refractivity contribution in [3.8, 4) is 0 Å². The monoisotopic (exact) mass is 344 g/mol. The van der Waals surface area contributed by atoms with E-state index in [-0.39, 0.29) is 17.7 Å². The van der Waals surface area contributed by atoms with Gasteiger partial charge in [0, 0.05) is 32.6 Å². The van der Waals surface area contributed by atoms with Crippen molar-refractivity contribution < 1.29 is 14.3 Å². The van der Waals surface area contributed by atoms with Gasteiger partial charge in [0.1, 0.15) is 5.82 Å². The minimum Gasteiger partial charge on any atom is -0.378 e.